The van der Waals surface area contributed by atoms with Gasteiger partial charge in [-0.25, -0.2) is 0 Å². The molecule has 2 N–H and O–H groups in total. The first kappa shape index (κ1) is 14.9. The summed E-state index contributed by atoms with van der Waals surface area (Å²) in [5, 5.41) is 5.49. The maximum Gasteiger partial charge on any atom is 0.239 e. The van der Waals surface area contributed by atoms with Gasteiger partial charge in [-0.1, -0.05) is 34.6 Å². The van der Waals surface area contributed by atoms with Crippen LogP contribution in [0.1, 0.15) is 47.5 Å². The Morgan fingerprint density at radius 1 is 1.12 bits per heavy atom. The van der Waals surface area contributed by atoms with Gasteiger partial charge in [-0.05, 0) is 12.8 Å². The first-order chi connectivity index (χ1) is 7.31. The first-order valence-electron chi connectivity index (χ1n) is 5.88. The van der Waals surface area contributed by atoms with Gasteiger partial charge in [0.2, 0.25) is 11.8 Å². The minimum Gasteiger partial charge on any atom is -0.352 e. The zero-order valence-corrected chi connectivity index (χ0v) is 11.0. The number of hydrogen-bond acceptors (Lipinski definition) is 2. The van der Waals surface area contributed by atoms with E-state index in [0.29, 0.717) is 0 Å². The van der Waals surface area contributed by atoms with Crippen LogP contribution in [0.25, 0.3) is 0 Å². The fourth-order valence-corrected chi connectivity index (χ4v) is 1.20. The van der Waals surface area contributed by atoms with Crippen LogP contribution >= 0.6 is 0 Å². The van der Waals surface area contributed by atoms with E-state index in [1.807, 2.05) is 34.6 Å². The van der Waals surface area contributed by atoms with Gasteiger partial charge in [0.05, 0.1) is 6.54 Å². The van der Waals surface area contributed by atoms with E-state index < -0.39 is 5.41 Å². The second kappa shape index (κ2) is 6.51. The zero-order chi connectivity index (χ0) is 12.8. The molecular formula is C12H24N2O2. The van der Waals surface area contributed by atoms with Crippen molar-refractivity contribution in [1.82, 2.24) is 10.6 Å². The number of carbonyl (C=O) groups excluding carboxylic acids is 2. The topological polar surface area (TPSA) is 58.2 Å². The van der Waals surface area contributed by atoms with Crippen molar-refractivity contribution in [2.75, 3.05) is 6.54 Å². The summed E-state index contributed by atoms with van der Waals surface area (Å²) in [5.41, 5.74) is -0.449. The monoisotopic (exact) mass is 228 g/mol. The predicted octanol–water partition coefficient (Wildman–Crippen LogP) is 1.45. The molecule has 0 aromatic rings. The molecule has 0 heterocycles. The third kappa shape index (κ3) is 5.73. The second-order valence-electron chi connectivity index (χ2n) is 5.01. The molecule has 4 heteroatoms. The van der Waals surface area contributed by atoms with Crippen LogP contribution in [0.4, 0.5) is 0 Å². The highest BCUT2D eigenvalue weighted by Gasteiger charge is 2.21. The van der Waals surface area contributed by atoms with Gasteiger partial charge in [-0.2, -0.15) is 0 Å². The molecule has 0 fully saturated rings. The van der Waals surface area contributed by atoms with Crippen LogP contribution < -0.4 is 10.6 Å². The third-order valence-electron chi connectivity index (χ3n) is 2.44. The van der Waals surface area contributed by atoms with E-state index in [9.17, 15) is 9.59 Å². The summed E-state index contributed by atoms with van der Waals surface area (Å²) >= 11 is 0. The Morgan fingerprint density at radius 3 is 2.00 bits per heavy atom. The Labute approximate surface area is 98.2 Å². The number of amides is 2. The Kier molecular flexibility index (Phi) is 6.08. The molecule has 0 saturated carbocycles. The van der Waals surface area contributed by atoms with Gasteiger partial charge in [0, 0.05) is 11.5 Å². The minimum atomic E-state index is -0.449. The summed E-state index contributed by atoms with van der Waals surface area (Å²) in [6.45, 7) is 9.58. The highest BCUT2D eigenvalue weighted by atomic mass is 16.2. The maximum absolute atomic E-state index is 11.5. The van der Waals surface area contributed by atoms with Crippen LogP contribution in [0.3, 0.4) is 0 Å². The fraction of sp³-hybridized carbons (Fsp3) is 0.833. The summed E-state index contributed by atoms with van der Waals surface area (Å²) in [7, 11) is 0. The lowest BCUT2D eigenvalue weighted by Crippen LogP contribution is -2.44. The van der Waals surface area contributed by atoms with Crippen molar-refractivity contribution in [3.05, 3.63) is 0 Å². The van der Waals surface area contributed by atoms with Crippen LogP contribution in [0.15, 0.2) is 0 Å². The van der Waals surface area contributed by atoms with Gasteiger partial charge in [0.25, 0.3) is 0 Å². The van der Waals surface area contributed by atoms with Gasteiger partial charge in [0.1, 0.15) is 0 Å². The van der Waals surface area contributed by atoms with E-state index >= 15 is 0 Å². The van der Waals surface area contributed by atoms with Crippen molar-refractivity contribution in [2.45, 2.75) is 53.5 Å². The molecule has 16 heavy (non-hydrogen) atoms. The van der Waals surface area contributed by atoms with Crippen LogP contribution in [0.5, 0.6) is 0 Å². The Morgan fingerprint density at radius 2 is 1.62 bits per heavy atom. The van der Waals surface area contributed by atoms with Crippen LogP contribution in [-0.2, 0) is 9.59 Å². The molecular weight excluding hydrogens is 204 g/mol. The molecule has 0 atom stereocenters. The molecule has 0 rings (SSSR count). The molecule has 0 unspecified atom stereocenters. The van der Waals surface area contributed by atoms with E-state index in [-0.39, 0.29) is 24.4 Å². The summed E-state index contributed by atoms with van der Waals surface area (Å²) < 4.78 is 0. The molecule has 0 aromatic heterocycles. The van der Waals surface area contributed by atoms with Crippen LogP contribution in [0.2, 0.25) is 0 Å². The Hall–Kier alpha value is -1.06. The van der Waals surface area contributed by atoms with Crippen LogP contribution in [-0.4, -0.2) is 24.4 Å². The van der Waals surface area contributed by atoms with Crippen molar-refractivity contribution in [3.63, 3.8) is 0 Å². The smallest absolute Gasteiger partial charge is 0.239 e. The molecule has 2 amide bonds. The highest BCUT2D eigenvalue weighted by molar-refractivity contribution is 5.87. The third-order valence-corrected chi connectivity index (χ3v) is 2.44. The fourth-order valence-electron chi connectivity index (χ4n) is 1.20. The number of nitrogens with one attached hydrogen (secondary N) is 2. The quantitative estimate of drug-likeness (QED) is 0.748. The standard InChI is InChI=1S/C12H24N2O2/c1-6-9(7-2)14-10(15)8-13-11(16)12(3,4)5/h9H,6-8H2,1-5H3,(H,13,16)(H,14,15). The van der Waals surface area contributed by atoms with E-state index in [0.717, 1.165) is 12.8 Å². The molecule has 0 radical (unpaired) electrons. The Bertz CT molecular complexity index is 240. The second-order valence-corrected chi connectivity index (χ2v) is 5.01. The zero-order valence-electron chi connectivity index (χ0n) is 11.0. The van der Waals surface area contributed by atoms with Gasteiger partial charge in [-0.3, -0.25) is 9.59 Å². The normalized spacial score (nSPS) is 11.4. The summed E-state index contributed by atoms with van der Waals surface area (Å²) in [5.74, 6) is -0.224. The molecule has 0 spiro atoms. The minimum absolute atomic E-state index is 0.0621. The molecule has 0 aliphatic carbocycles. The van der Waals surface area contributed by atoms with Crippen molar-refractivity contribution >= 4 is 11.8 Å². The molecule has 4 nitrogen and oxygen atoms in total. The van der Waals surface area contributed by atoms with Crippen molar-refractivity contribution < 1.29 is 9.59 Å². The van der Waals surface area contributed by atoms with Crippen molar-refractivity contribution in [2.24, 2.45) is 5.41 Å². The van der Waals surface area contributed by atoms with Crippen molar-refractivity contribution in [3.8, 4) is 0 Å². The van der Waals surface area contributed by atoms with Gasteiger partial charge in [-0.15, -0.1) is 0 Å². The summed E-state index contributed by atoms with van der Waals surface area (Å²) in [6.07, 6.45) is 1.82. The average molecular weight is 228 g/mol. The average Bonchev–Trinajstić information content (AvgIpc) is 2.20. The van der Waals surface area contributed by atoms with Gasteiger partial charge >= 0.3 is 0 Å². The number of carbonyl (C=O) groups is 2. The Balaban J connectivity index is 3.95. The first-order valence-corrected chi connectivity index (χ1v) is 5.88. The molecule has 94 valence electrons. The van der Waals surface area contributed by atoms with E-state index in [2.05, 4.69) is 10.6 Å². The molecule has 0 aliphatic heterocycles. The predicted molar refractivity (Wildman–Crippen MR) is 65.0 cm³/mol. The SMILES string of the molecule is CCC(CC)NC(=O)CNC(=O)C(C)(C)C. The van der Waals surface area contributed by atoms with Gasteiger partial charge < -0.3 is 10.6 Å². The maximum atomic E-state index is 11.5. The summed E-state index contributed by atoms with van der Waals surface area (Å²) in [4.78, 5) is 23.0. The van der Waals surface area contributed by atoms with Crippen molar-refractivity contribution in [1.29, 1.82) is 0 Å². The number of hydrogen-bond donors (Lipinski definition) is 2. The van der Waals surface area contributed by atoms with E-state index in [1.165, 1.54) is 0 Å². The van der Waals surface area contributed by atoms with Gasteiger partial charge in [0.15, 0.2) is 0 Å². The molecule has 0 aliphatic rings. The summed E-state index contributed by atoms with van der Waals surface area (Å²) in [6, 6.07) is 0.207. The van der Waals surface area contributed by atoms with E-state index in [4.69, 9.17) is 0 Å². The molecule has 0 aromatic carbocycles. The lowest BCUT2D eigenvalue weighted by molar-refractivity contribution is -0.131. The molecule has 0 saturated heterocycles. The van der Waals surface area contributed by atoms with E-state index in [1.54, 1.807) is 0 Å². The lowest BCUT2D eigenvalue weighted by Gasteiger charge is -2.19. The van der Waals surface area contributed by atoms with Crippen LogP contribution in [0, 0.1) is 5.41 Å². The highest BCUT2D eigenvalue weighted by Crippen LogP contribution is 2.11. The number of rotatable bonds is 5. The largest absolute Gasteiger partial charge is 0.352 e. The molecule has 0 bridgehead atoms. The lowest BCUT2D eigenvalue weighted by atomic mass is 9.96.